The third kappa shape index (κ3) is 5.00. The second-order valence-electron chi connectivity index (χ2n) is 6.76. The van der Waals surface area contributed by atoms with Crippen molar-refractivity contribution in [1.29, 1.82) is 0 Å². The van der Waals surface area contributed by atoms with Crippen molar-refractivity contribution >= 4 is 11.6 Å². The van der Waals surface area contributed by atoms with Crippen LogP contribution in [0.15, 0.2) is 65.9 Å². The minimum atomic E-state index is 0.455. The highest BCUT2D eigenvalue weighted by Gasteiger charge is 2.07. The van der Waals surface area contributed by atoms with E-state index in [9.17, 15) is 0 Å². The van der Waals surface area contributed by atoms with Gasteiger partial charge in [-0.05, 0) is 29.5 Å². The van der Waals surface area contributed by atoms with Gasteiger partial charge in [-0.3, -0.25) is 4.99 Å². The lowest BCUT2D eigenvalue weighted by atomic mass is 10.0. The van der Waals surface area contributed by atoms with Crippen molar-refractivity contribution in [1.82, 2.24) is 9.55 Å². The molecule has 0 amide bonds. The van der Waals surface area contributed by atoms with Crippen LogP contribution in [0.3, 0.4) is 0 Å². The largest absolute Gasteiger partial charge is 0.370 e. The van der Waals surface area contributed by atoms with Gasteiger partial charge in [0.05, 0.1) is 0 Å². The van der Waals surface area contributed by atoms with Crippen LogP contribution in [-0.2, 0) is 25.8 Å². The summed E-state index contributed by atoms with van der Waals surface area (Å²) in [5, 5.41) is 3.32. The lowest BCUT2D eigenvalue weighted by Gasteiger charge is -2.15. The summed E-state index contributed by atoms with van der Waals surface area (Å²) in [5.41, 5.74) is 11.0. The Balaban J connectivity index is 1.62. The van der Waals surface area contributed by atoms with Gasteiger partial charge in [-0.15, -0.1) is 0 Å². The minimum Gasteiger partial charge on any atom is -0.370 e. The summed E-state index contributed by atoms with van der Waals surface area (Å²) in [5.74, 6) is 1.47. The van der Waals surface area contributed by atoms with E-state index in [1.54, 1.807) is 0 Å². The maximum atomic E-state index is 6.17. The molecule has 0 radical (unpaired) electrons. The van der Waals surface area contributed by atoms with Crippen LogP contribution in [0.1, 0.15) is 36.4 Å². The first kappa shape index (κ1) is 19.7. The molecular formula is C23H29N5. The zero-order valence-electron chi connectivity index (χ0n) is 16.7. The highest BCUT2D eigenvalue weighted by Crippen LogP contribution is 2.22. The Morgan fingerprint density at radius 1 is 1.04 bits per heavy atom. The molecule has 0 atom stereocenters. The molecule has 1 heterocycles. The van der Waals surface area contributed by atoms with Gasteiger partial charge in [-0.2, -0.15) is 0 Å². The molecule has 2 aromatic carbocycles. The Morgan fingerprint density at radius 2 is 1.75 bits per heavy atom. The number of hydrogen-bond donors (Lipinski definition) is 2. The maximum absolute atomic E-state index is 6.17. The van der Waals surface area contributed by atoms with Crippen molar-refractivity contribution in [2.45, 2.75) is 39.7 Å². The van der Waals surface area contributed by atoms with E-state index in [1.165, 1.54) is 16.7 Å². The topological polar surface area (TPSA) is 68.2 Å². The van der Waals surface area contributed by atoms with Crippen molar-refractivity contribution < 1.29 is 0 Å². The van der Waals surface area contributed by atoms with E-state index >= 15 is 0 Å². The molecule has 0 fully saturated rings. The number of aliphatic imine (C=N–C) groups is 1. The van der Waals surface area contributed by atoms with E-state index < -0.39 is 0 Å². The fourth-order valence-electron chi connectivity index (χ4n) is 3.34. The van der Waals surface area contributed by atoms with Gasteiger partial charge in [0.15, 0.2) is 5.96 Å². The Kier molecular flexibility index (Phi) is 6.84. The second-order valence-corrected chi connectivity index (χ2v) is 6.76. The number of nitrogens with two attached hydrogens (primary N) is 1. The summed E-state index contributed by atoms with van der Waals surface area (Å²) in [4.78, 5) is 9.00. The number of benzene rings is 2. The molecule has 3 N–H and O–H groups in total. The van der Waals surface area contributed by atoms with Crippen LogP contribution < -0.4 is 11.1 Å². The quantitative estimate of drug-likeness (QED) is 0.461. The highest BCUT2D eigenvalue weighted by molar-refractivity contribution is 5.93. The lowest BCUT2D eigenvalue weighted by Crippen LogP contribution is -2.24. The number of para-hydroxylation sites is 1. The SMILES string of the molecule is CCc1cccc(CC)c1NC(N)=NCCc1nccn1Cc1ccccc1. The number of imidazole rings is 1. The fraction of sp³-hybridized carbons (Fsp3) is 0.304. The number of nitrogens with zero attached hydrogens (tertiary/aromatic N) is 3. The van der Waals surface area contributed by atoms with Gasteiger partial charge in [0.1, 0.15) is 5.82 Å². The standard InChI is InChI=1S/C23H29N5/c1-3-19-11-8-12-20(4-2)22(19)27-23(24)26-14-13-21-25-15-16-28(21)17-18-9-6-5-7-10-18/h5-12,15-16H,3-4,13-14,17H2,1-2H3,(H3,24,26,27). The summed E-state index contributed by atoms with van der Waals surface area (Å²) in [6.07, 6.45) is 6.52. The molecule has 0 bridgehead atoms. The van der Waals surface area contributed by atoms with Gasteiger partial charge < -0.3 is 15.6 Å². The molecule has 5 nitrogen and oxygen atoms in total. The van der Waals surface area contributed by atoms with E-state index in [0.29, 0.717) is 12.5 Å². The van der Waals surface area contributed by atoms with Crippen molar-refractivity contribution in [3.63, 3.8) is 0 Å². The Bertz CT molecular complexity index is 890. The van der Waals surface area contributed by atoms with E-state index in [4.69, 9.17) is 5.73 Å². The van der Waals surface area contributed by atoms with E-state index in [-0.39, 0.29) is 0 Å². The van der Waals surface area contributed by atoms with Crippen molar-refractivity contribution in [3.8, 4) is 0 Å². The number of rotatable bonds is 8. The second kappa shape index (κ2) is 9.74. The molecule has 0 aliphatic carbocycles. The molecule has 0 aliphatic heterocycles. The molecule has 146 valence electrons. The minimum absolute atomic E-state index is 0.455. The first-order valence-electron chi connectivity index (χ1n) is 9.92. The van der Waals surface area contributed by atoms with Crippen molar-refractivity contribution in [3.05, 3.63) is 83.4 Å². The monoisotopic (exact) mass is 375 g/mol. The lowest BCUT2D eigenvalue weighted by molar-refractivity contribution is 0.716. The normalized spacial score (nSPS) is 11.6. The number of hydrogen-bond acceptors (Lipinski definition) is 2. The van der Waals surface area contributed by atoms with E-state index in [2.05, 4.69) is 76.2 Å². The summed E-state index contributed by atoms with van der Waals surface area (Å²) in [7, 11) is 0. The number of aromatic nitrogens is 2. The highest BCUT2D eigenvalue weighted by atomic mass is 15.1. The van der Waals surface area contributed by atoms with E-state index in [1.807, 2.05) is 18.5 Å². The van der Waals surface area contributed by atoms with Crippen LogP contribution in [-0.4, -0.2) is 22.1 Å². The first-order valence-corrected chi connectivity index (χ1v) is 9.92. The third-order valence-electron chi connectivity index (χ3n) is 4.87. The molecule has 0 aliphatic rings. The Hall–Kier alpha value is -3.08. The molecule has 3 rings (SSSR count). The summed E-state index contributed by atoms with van der Waals surface area (Å²) in [6, 6.07) is 16.8. The van der Waals surface area contributed by atoms with Crippen molar-refractivity contribution in [2.24, 2.45) is 10.7 Å². The molecule has 3 aromatic rings. The van der Waals surface area contributed by atoms with Gasteiger partial charge in [-0.1, -0.05) is 62.4 Å². The molecule has 0 saturated heterocycles. The van der Waals surface area contributed by atoms with Gasteiger partial charge >= 0.3 is 0 Å². The third-order valence-corrected chi connectivity index (χ3v) is 4.87. The number of aryl methyl sites for hydroxylation is 2. The zero-order valence-corrected chi connectivity index (χ0v) is 16.7. The summed E-state index contributed by atoms with van der Waals surface area (Å²) >= 11 is 0. The number of guanidine groups is 1. The molecule has 1 aromatic heterocycles. The summed E-state index contributed by atoms with van der Waals surface area (Å²) in [6.45, 7) is 5.72. The Labute approximate surface area is 167 Å². The Morgan fingerprint density at radius 3 is 2.43 bits per heavy atom. The van der Waals surface area contributed by atoms with Crippen LogP contribution in [0.4, 0.5) is 5.69 Å². The smallest absolute Gasteiger partial charge is 0.193 e. The molecule has 28 heavy (non-hydrogen) atoms. The first-order chi connectivity index (χ1) is 13.7. The predicted octanol–water partition coefficient (Wildman–Crippen LogP) is 4.03. The summed E-state index contributed by atoms with van der Waals surface area (Å²) < 4.78 is 2.16. The predicted molar refractivity (Wildman–Crippen MR) is 117 cm³/mol. The average Bonchev–Trinajstić information content (AvgIpc) is 3.15. The fourth-order valence-corrected chi connectivity index (χ4v) is 3.34. The van der Waals surface area contributed by atoms with Crippen LogP contribution in [0.2, 0.25) is 0 Å². The molecular weight excluding hydrogens is 346 g/mol. The zero-order chi connectivity index (χ0) is 19.8. The van der Waals surface area contributed by atoms with Gasteiger partial charge in [0.2, 0.25) is 0 Å². The van der Waals surface area contributed by atoms with Crippen molar-refractivity contribution in [2.75, 3.05) is 11.9 Å². The van der Waals surface area contributed by atoms with E-state index in [0.717, 1.165) is 37.3 Å². The van der Waals surface area contributed by atoms with Crippen LogP contribution in [0.5, 0.6) is 0 Å². The number of anilines is 1. The molecule has 0 unspecified atom stereocenters. The average molecular weight is 376 g/mol. The maximum Gasteiger partial charge on any atom is 0.193 e. The molecule has 0 spiro atoms. The van der Waals surface area contributed by atoms with Gasteiger partial charge in [0, 0.05) is 37.6 Å². The van der Waals surface area contributed by atoms with Gasteiger partial charge in [0.25, 0.3) is 0 Å². The molecule has 5 heteroatoms. The van der Waals surface area contributed by atoms with Crippen LogP contribution >= 0.6 is 0 Å². The van der Waals surface area contributed by atoms with Crippen LogP contribution in [0, 0.1) is 0 Å². The molecule has 0 saturated carbocycles. The van der Waals surface area contributed by atoms with Gasteiger partial charge in [-0.25, -0.2) is 4.98 Å². The van der Waals surface area contributed by atoms with Crippen LogP contribution in [0.25, 0.3) is 0 Å². The number of nitrogens with one attached hydrogen (secondary N) is 1.